The predicted molar refractivity (Wildman–Crippen MR) is 135 cm³/mol. The molecule has 0 aliphatic heterocycles. The molecule has 8 heteroatoms. The number of aromatic amines is 1. The van der Waals surface area contributed by atoms with Gasteiger partial charge < -0.3 is 0 Å². The van der Waals surface area contributed by atoms with Crippen LogP contribution >= 0.6 is 0 Å². The van der Waals surface area contributed by atoms with E-state index in [0.717, 1.165) is 59.4 Å². The summed E-state index contributed by atoms with van der Waals surface area (Å²) in [5, 5.41) is 19.2. The molecule has 0 aliphatic rings. The van der Waals surface area contributed by atoms with Gasteiger partial charge in [-0.15, -0.1) is 15.3 Å². The minimum atomic E-state index is -0.116. The first-order valence-corrected chi connectivity index (χ1v) is 11.9. The Morgan fingerprint density at radius 1 is 0.857 bits per heavy atom. The van der Waals surface area contributed by atoms with Gasteiger partial charge in [-0.2, -0.15) is 9.90 Å². The van der Waals surface area contributed by atoms with Crippen molar-refractivity contribution in [2.75, 3.05) is 0 Å². The summed E-state index contributed by atoms with van der Waals surface area (Å²) in [4.78, 5) is 13.3. The van der Waals surface area contributed by atoms with E-state index in [1.54, 1.807) is 4.57 Å². The Morgan fingerprint density at radius 3 is 2.31 bits per heavy atom. The van der Waals surface area contributed by atoms with Crippen molar-refractivity contribution in [3.8, 4) is 28.2 Å². The van der Waals surface area contributed by atoms with Crippen LogP contribution in [0.4, 0.5) is 0 Å². The highest BCUT2D eigenvalue weighted by Gasteiger charge is 2.15. The lowest BCUT2D eigenvalue weighted by molar-refractivity contribution is 0.643. The monoisotopic (exact) mass is 465 g/mol. The summed E-state index contributed by atoms with van der Waals surface area (Å²) in [6.45, 7) is 2.65. The van der Waals surface area contributed by atoms with Crippen LogP contribution in [0.25, 0.3) is 28.2 Å². The molecule has 5 rings (SSSR count). The van der Waals surface area contributed by atoms with Crippen molar-refractivity contribution in [2.24, 2.45) is 0 Å². The maximum Gasteiger partial charge on any atom is 0.351 e. The molecular formula is C27H27N7O. The van der Waals surface area contributed by atoms with Crippen molar-refractivity contribution >= 4 is 0 Å². The number of para-hydroxylation sites is 1. The summed E-state index contributed by atoms with van der Waals surface area (Å²) in [6.07, 6.45) is 4.02. The summed E-state index contributed by atoms with van der Waals surface area (Å²) in [5.74, 6) is 1.38. The molecule has 2 heterocycles. The van der Waals surface area contributed by atoms with Crippen LogP contribution in [0, 0.1) is 0 Å². The second-order valence-electron chi connectivity index (χ2n) is 8.47. The molecule has 0 bridgehead atoms. The van der Waals surface area contributed by atoms with Gasteiger partial charge in [0.05, 0.1) is 12.2 Å². The molecule has 0 spiro atoms. The molecule has 35 heavy (non-hydrogen) atoms. The lowest BCUT2D eigenvalue weighted by atomic mass is 9.98. The second-order valence-corrected chi connectivity index (χ2v) is 8.47. The third-order valence-corrected chi connectivity index (χ3v) is 6.06. The van der Waals surface area contributed by atoms with Crippen molar-refractivity contribution in [3.05, 3.63) is 101 Å². The van der Waals surface area contributed by atoms with Crippen LogP contribution in [0.15, 0.2) is 83.7 Å². The fourth-order valence-electron chi connectivity index (χ4n) is 4.23. The van der Waals surface area contributed by atoms with Crippen LogP contribution in [0.3, 0.4) is 0 Å². The number of aryl methyl sites for hydroxylation is 1. The first-order valence-electron chi connectivity index (χ1n) is 11.9. The topological polar surface area (TPSA) is 94.3 Å². The standard InChI is InChI=1S/C27H27N7O/c1-2-3-5-14-25-30-34(22-10-6-4-7-11-22)27(35)33(25)19-20-15-17-21(18-16-20)23-12-8-9-13-24(23)26-28-31-32-29-26/h4,6-13,15-18H,2-3,5,14,19H2,1H3,(H,28,29,31,32). The molecule has 0 radical (unpaired) electrons. The summed E-state index contributed by atoms with van der Waals surface area (Å²) in [5.41, 5.74) is 4.68. The highest BCUT2D eigenvalue weighted by atomic mass is 16.2. The number of unbranched alkanes of at least 4 members (excludes halogenated alkanes) is 2. The van der Waals surface area contributed by atoms with Gasteiger partial charge >= 0.3 is 5.69 Å². The minimum absolute atomic E-state index is 0.116. The fraction of sp³-hybridized carbons (Fsp3) is 0.222. The van der Waals surface area contributed by atoms with Crippen LogP contribution in [0.2, 0.25) is 0 Å². The van der Waals surface area contributed by atoms with Gasteiger partial charge in [0.1, 0.15) is 5.82 Å². The van der Waals surface area contributed by atoms with Gasteiger partial charge in [-0.1, -0.05) is 86.5 Å². The highest BCUT2D eigenvalue weighted by Crippen LogP contribution is 2.29. The highest BCUT2D eigenvalue weighted by molar-refractivity contribution is 5.80. The van der Waals surface area contributed by atoms with Crippen LogP contribution in [0.1, 0.15) is 37.6 Å². The minimum Gasteiger partial charge on any atom is -0.274 e. The van der Waals surface area contributed by atoms with E-state index in [9.17, 15) is 4.79 Å². The zero-order valence-electron chi connectivity index (χ0n) is 19.6. The molecule has 3 aromatic carbocycles. The zero-order chi connectivity index (χ0) is 24.0. The number of tetrazole rings is 1. The number of rotatable bonds is 9. The number of H-pyrrole nitrogens is 1. The number of hydrogen-bond acceptors (Lipinski definition) is 5. The summed E-state index contributed by atoms with van der Waals surface area (Å²) < 4.78 is 3.31. The third kappa shape index (κ3) is 4.82. The first kappa shape index (κ1) is 22.5. The molecule has 0 fully saturated rings. The number of nitrogens with zero attached hydrogens (tertiary/aromatic N) is 6. The van der Waals surface area contributed by atoms with E-state index >= 15 is 0 Å². The summed E-state index contributed by atoms with van der Waals surface area (Å²) in [6, 6.07) is 25.8. The van der Waals surface area contributed by atoms with Gasteiger partial charge in [0, 0.05) is 12.0 Å². The van der Waals surface area contributed by atoms with Gasteiger partial charge in [0.15, 0.2) is 0 Å². The van der Waals surface area contributed by atoms with E-state index in [2.05, 4.69) is 51.8 Å². The van der Waals surface area contributed by atoms with E-state index in [4.69, 9.17) is 5.10 Å². The molecule has 0 atom stereocenters. The molecule has 0 saturated carbocycles. The van der Waals surface area contributed by atoms with Gasteiger partial charge in [-0.05, 0) is 40.5 Å². The quantitative estimate of drug-likeness (QED) is 0.320. The molecule has 0 saturated heterocycles. The molecule has 2 aromatic heterocycles. The Morgan fingerprint density at radius 2 is 1.60 bits per heavy atom. The Balaban J connectivity index is 1.45. The van der Waals surface area contributed by atoms with E-state index in [1.165, 1.54) is 4.68 Å². The fourth-order valence-corrected chi connectivity index (χ4v) is 4.23. The van der Waals surface area contributed by atoms with Crippen LogP contribution in [-0.4, -0.2) is 35.0 Å². The van der Waals surface area contributed by atoms with Crippen LogP contribution in [0.5, 0.6) is 0 Å². The predicted octanol–water partition coefficient (Wildman–Crippen LogP) is 4.66. The number of aromatic nitrogens is 7. The molecule has 5 aromatic rings. The second kappa shape index (κ2) is 10.3. The van der Waals surface area contributed by atoms with Gasteiger partial charge in [-0.3, -0.25) is 4.57 Å². The number of nitrogens with one attached hydrogen (secondary N) is 1. The van der Waals surface area contributed by atoms with Crippen molar-refractivity contribution in [3.63, 3.8) is 0 Å². The molecule has 1 N–H and O–H groups in total. The number of hydrogen-bond donors (Lipinski definition) is 1. The first-order chi connectivity index (χ1) is 17.2. The zero-order valence-corrected chi connectivity index (χ0v) is 19.6. The Labute approximate surface area is 203 Å². The van der Waals surface area contributed by atoms with E-state index in [-0.39, 0.29) is 5.69 Å². The molecule has 176 valence electrons. The maximum atomic E-state index is 13.3. The average molecular weight is 466 g/mol. The molecule has 0 amide bonds. The van der Waals surface area contributed by atoms with Crippen LogP contribution < -0.4 is 5.69 Å². The Bertz CT molecular complexity index is 1440. The van der Waals surface area contributed by atoms with Gasteiger partial charge in [0.2, 0.25) is 5.82 Å². The van der Waals surface area contributed by atoms with Crippen LogP contribution in [-0.2, 0) is 13.0 Å². The molecular weight excluding hydrogens is 438 g/mol. The maximum absolute atomic E-state index is 13.3. The van der Waals surface area contributed by atoms with Crippen molar-refractivity contribution < 1.29 is 0 Å². The lowest BCUT2D eigenvalue weighted by Gasteiger charge is -2.09. The summed E-state index contributed by atoms with van der Waals surface area (Å²) in [7, 11) is 0. The van der Waals surface area contributed by atoms with Gasteiger partial charge in [0.25, 0.3) is 0 Å². The molecule has 0 aliphatic carbocycles. The van der Waals surface area contributed by atoms with Crippen molar-refractivity contribution in [2.45, 2.75) is 39.2 Å². The molecule has 8 nitrogen and oxygen atoms in total. The van der Waals surface area contributed by atoms with E-state index in [1.807, 2.05) is 54.6 Å². The smallest absolute Gasteiger partial charge is 0.274 e. The lowest BCUT2D eigenvalue weighted by Crippen LogP contribution is -2.25. The van der Waals surface area contributed by atoms with Crippen molar-refractivity contribution in [1.29, 1.82) is 0 Å². The third-order valence-electron chi connectivity index (χ3n) is 6.06. The van der Waals surface area contributed by atoms with Gasteiger partial charge in [-0.25, -0.2) is 4.79 Å². The largest absolute Gasteiger partial charge is 0.351 e. The summed E-state index contributed by atoms with van der Waals surface area (Å²) >= 11 is 0. The Hall–Kier alpha value is -4.33. The van der Waals surface area contributed by atoms with E-state index in [0.29, 0.717) is 12.4 Å². The molecule has 0 unspecified atom stereocenters. The van der Waals surface area contributed by atoms with E-state index < -0.39 is 0 Å². The average Bonchev–Trinajstić information content (AvgIpc) is 3.55. The Kier molecular flexibility index (Phi) is 6.61. The number of benzene rings is 3. The van der Waals surface area contributed by atoms with Crippen molar-refractivity contribution in [1.82, 2.24) is 35.0 Å². The normalized spacial score (nSPS) is 11.1. The SMILES string of the molecule is CCCCCc1nn(-c2ccccc2)c(=O)n1Cc1ccc(-c2ccccc2-c2nn[nH]n2)cc1.